The van der Waals surface area contributed by atoms with E-state index in [9.17, 15) is 22.8 Å². The summed E-state index contributed by atoms with van der Waals surface area (Å²) < 4.78 is 44.4. The summed E-state index contributed by atoms with van der Waals surface area (Å²) in [5, 5.41) is 3.21. The highest BCUT2D eigenvalue weighted by atomic mass is 35.5. The van der Waals surface area contributed by atoms with Crippen LogP contribution in [0.5, 0.6) is 0 Å². The van der Waals surface area contributed by atoms with Crippen molar-refractivity contribution in [3.8, 4) is 11.1 Å². The summed E-state index contributed by atoms with van der Waals surface area (Å²) in [6, 6.07) is 16.6. The van der Waals surface area contributed by atoms with Gasteiger partial charge < -0.3 is 19.9 Å². The monoisotopic (exact) mass is 559 g/mol. The number of anilines is 2. The second kappa shape index (κ2) is 11.2. The van der Waals surface area contributed by atoms with Crippen molar-refractivity contribution in [2.75, 3.05) is 36.4 Å². The molecule has 0 aromatic heterocycles. The van der Waals surface area contributed by atoms with Gasteiger partial charge in [0.25, 0.3) is 5.91 Å². The molecule has 1 aliphatic heterocycles. The van der Waals surface area contributed by atoms with Crippen molar-refractivity contribution < 1.29 is 27.5 Å². The SMILES string of the molecule is CC(C)(C)OC(=O)N1CCN(c2ccc(NC(=O)c3ccc(Cl)cc3-c3ccc(C(F)(F)F)cc3)cc2)CC1. The molecular formula is C29H29ClF3N3O3. The van der Waals surface area contributed by atoms with Gasteiger partial charge in [-0.25, -0.2) is 4.79 Å². The fourth-order valence-electron chi connectivity index (χ4n) is 4.22. The number of nitrogens with one attached hydrogen (secondary N) is 1. The lowest BCUT2D eigenvalue weighted by molar-refractivity contribution is -0.137. The first-order valence-electron chi connectivity index (χ1n) is 12.4. The second-order valence-corrected chi connectivity index (χ2v) is 10.7. The molecule has 206 valence electrons. The van der Waals surface area contributed by atoms with Gasteiger partial charge in [-0.15, -0.1) is 0 Å². The predicted molar refractivity (Wildman–Crippen MR) is 146 cm³/mol. The van der Waals surface area contributed by atoms with Gasteiger partial charge in [0.2, 0.25) is 0 Å². The van der Waals surface area contributed by atoms with Crippen molar-refractivity contribution in [3.63, 3.8) is 0 Å². The highest BCUT2D eigenvalue weighted by molar-refractivity contribution is 6.31. The third kappa shape index (κ3) is 7.23. The molecule has 3 aromatic carbocycles. The molecule has 2 amide bonds. The van der Waals surface area contributed by atoms with E-state index in [-0.39, 0.29) is 11.7 Å². The van der Waals surface area contributed by atoms with Crippen LogP contribution in [0.25, 0.3) is 11.1 Å². The first-order valence-corrected chi connectivity index (χ1v) is 12.8. The van der Waals surface area contributed by atoms with E-state index in [2.05, 4.69) is 10.2 Å². The number of hydrogen-bond acceptors (Lipinski definition) is 4. The van der Waals surface area contributed by atoms with E-state index in [4.69, 9.17) is 16.3 Å². The molecule has 0 saturated carbocycles. The molecule has 0 spiro atoms. The Balaban J connectivity index is 1.42. The van der Waals surface area contributed by atoms with E-state index in [1.807, 2.05) is 32.9 Å². The molecule has 3 aromatic rings. The summed E-state index contributed by atoms with van der Waals surface area (Å²) in [7, 11) is 0. The Morgan fingerprint density at radius 1 is 0.872 bits per heavy atom. The standard InChI is InChI=1S/C29H29ClF3N3O3/c1-28(2,3)39-27(38)36-16-14-35(15-17-36)23-11-9-22(10-12-23)34-26(37)24-13-8-21(30)18-25(24)19-4-6-20(7-5-19)29(31,32)33/h4-13,18H,14-17H2,1-3H3,(H,34,37). The number of alkyl halides is 3. The van der Waals surface area contributed by atoms with Crippen LogP contribution >= 0.6 is 11.6 Å². The zero-order valence-corrected chi connectivity index (χ0v) is 22.6. The summed E-state index contributed by atoms with van der Waals surface area (Å²) in [6.45, 7) is 7.88. The highest BCUT2D eigenvalue weighted by Gasteiger charge is 2.30. The third-order valence-corrected chi connectivity index (χ3v) is 6.41. The van der Waals surface area contributed by atoms with Crippen molar-refractivity contribution in [3.05, 3.63) is 82.9 Å². The number of carbonyl (C=O) groups excluding carboxylic acids is 2. The van der Waals surface area contributed by atoms with Gasteiger partial charge in [0.15, 0.2) is 0 Å². The van der Waals surface area contributed by atoms with Crippen molar-refractivity contribution in [2.45, 2.75) is 32.5 Å². The van der Waals surface area contributed by atoms with Gasteiger partial charge >= 0.3 is 12.3 Å². The van der Waals surface area contributed by atoms with Crippen LogP contribution in [0.1, 0.15) is 36.7 Å². The zero-order valence-electron chi connectivity index (χ0n) is 21.8. The van der Waals surface area contributed by atoms with E-state index >= 15 is 0 Å². The van der Waals surface area contributed by atoms with Crippen LogP contribution in [0, 0.1) is 0 Å². The topological polar surface area (TPSA) is 61.9 Å². The van der Waals surface area contributed by atoms with Crippen molar-refractivity contribution in [1.82, 2.24) is 4.90 Å². The molecular weight excluding hydrogens is 531 g/mol. The van der Waals surface area contributed by atoms with Gasteiger partial charge in [0, 0.05) is 48.1 Å². The fourth-order valence-corrected chi connectivity index (χ4v) is 4.39. The molecule has 0 aliphatic carbocycles. The van der Waals surface area contributed by atoms with E-state index in [1.165, 1.54) is 12.1 Å². The lowest BCUT2D eigenvalue weighted by Gasteiger charge is -2.36. The Labute approximate surface area is 230 Å². The van der Waals surface area contributed by atoms with Crippen molar-refractivity contribution in [2.24, 2.45) is 0 Å². The number of hydrogen-bond donors (Lipinski definition) is 1. The predicted octanol–water partition coefficient (Wildman–Crippen LogP) is 7.34. The van der Waals surface area contributed by atoms with Crippen LogP contribution in [-0.4, -0.2) is 48.7 Å². The number of rotatable bonds is 4. The Kier molecular flexibility index (Phi) is 8.11. The van der Waals surface area contributed by atoms with Gasteiger partial charge in [0.05, 0.1) is 5.56 Å². The molecule has 1 aliphatic rings. The highest BCUT2D eigenvalue weighted by Crippen LogP contribution is 2.33. The molecule has 10 heteroatoms. The van der Waals surface area contributed by atoms with Crippen LogP contribution in [0.2, 0.25) is 5.02 Å². The van der Waals surface area contributed by atoms with E-state index in [1.54, 1.807) is 35.2 Å². The Hall–Kier alpha value is -3.72. The molecule has 1 saturated heterocycles. The maximum absolute atomic E-state index is 13.1. The third-order valence-electron chi connectivity index (χ3n) is 6.17. The molecule has 0 bridgehead atoms. The first-order chi connectivity index (χ1) is 18.3. The maximum Gasteiger partial charge on any atom is 0.416 e. The molecule has 6 nitrogen and oxygen atoms in total. The molecule has 0 atom stereocenters. The lowest BCUT2D eigenvalue weighted by Crippen LogP contribution is -2.50. The average Bonchev–Trinajstić information content (AvgIpc) is 2.88. The molecule has 0 unspecified atom stereocenters. The number of carbonyl (C=O) groups is 2. The average molecular weight is 560 g/mol. The first kappa shape index (κ1) is 28.3. The summed E-state index contributed by atoms with van der Waals surface area (Å²) in [5.74, 6) is -0.416. The normalized spacial score (nSPS) is 14.2. The Bertz CT molecular complexity index is 1330. The molecule has 0 radical (unpaired) electrons. The van der Waals surface area contributed by atoms with Crippen molar-refractivity contribution >= 4 is 35.0 Å². The van der Waals surface area contributed by atoms with Crippen LogP contribution in [0.15, 0.2) is 66.7 Å². The second-order valence-electron chi connectivity index (χ2n) is 10.2. The lowest BCUT2D eigenvalue weighted by atomic mass is 9.98. The van der Waals surface area contributed by atoms with E-state index < -0.39 is 23.2 Å². The van der Waals surface area contributed by atoms with Crippen LogP contribution in [-0.2, 0) is 10.9 Å². The number of halogens is 4. The summed E-state index contributed by atoms with van der Waals surface area (Å²) >= 11 is 6.14. The fraction of sp³-hybridized carbons (Fsp3) is 0.310. The van der Waals surface area contributed by atoms with Crippen LogP contribution in [0.3, 0.4) is 0 Å². The smallest absolute Gasteiger partial charge is 0.416 e. The largest absolute Gasteiger partial charge is 0.444 e. The molecule has 1 N–H and O–H groups in total. The number of amides is 2. The summed E-state index contributed by atoms with van der Waals surface area (Å²) in [5.41, 5.74) is 1.34. The number of piperazine rings is 1. The molecule has 1 heterocycles. The zero-order chi connectivity index (χ0) is 28.4. The Morgan fingerprint density at radius 2 is 1.49 bits per heavy atom. The summed E-state index contributed by atoms with van der Waals surface area (Å²) in [4.78, 5) is 29.3. The summed E-state index contributed by atoms with van der Waals surface area (Å²) in [6.07, 6.45) is -4.77. The number of benzene rings is 3. The van der Waals surface area contributed by atoms with Gasteiger partial charge in [-0.1, -0.05) is 23.7 Å². The molecule has 1 fully saturated rings. The number of ether oxygens (including phenoxy) is 1. The Morgan fingerprint density at radius 3 is 2.05 bits per heavy atom. The molecule has 4 rings (SSSR count). The van der Waals surface area contributed by atoms with Gasteiger partial charge in [-0.2, -0.15) is 13.2 Å². The number of nitrogens with zero attached hydrogens (tertiary/aromatic N) is 2. The molecule has 39 heavy (non-hydrogen) atoms. The van der Waals surface area contributed by atoms with Crippen molar-refractivity contribution in [1.29, 1.82) is 0 Å². The minimum atomic E-state index is -4.45. The van der Waals surface area contributed by atoms with E-state index in [0.717, 1.165) is 17.8 Å². The maximum atomic E-state index is 13.1. The van der Waals surface area contributed by atoms with Crippen LogP contribution in [0.4, 0.5) is 29.3 Å². The minimum absolute atomic E-state index is 0.279. The minimum Gasteiger partial charge on any atom is -0.444 e. The van der Waals surface area contributed by atoms with Gasteiger partial charge in [-0.05, 0) is 86.5 Å². The quantitative estimate of drug-likeness (QED) is 0.363. The van der Waals surface area contributed by atoms with Gasteiger partial charge in [0.1, 0.15) is 5.60 Å². The van der Waals surface area contributed by atoms with Crippen LogP contribution < -0.4 is 10.2 Å². The van der Waals surface area contributed by atoms with E-state index in [0.29, 0.717) is 48.0 Å². The van der Waals surface area contributed by atoms with Gasteiger partial charge in [-0.3, -0.25) is 4.79 Å².